The molecule has 0 spiro atoms. The fourth-order valence-electron chi connectivity index (χ4n) is 4.68. The highest BCUT2D eigenvalue weighted by Crippen LogP contribution is 2.42. The first kappa shape index (κ1) is 26.1. The Morgan fingerprint density at radius 1 is 1.12 bits per heavy atom. The van der Waals surface area contributed by atoms with Gasteiger partial charge >= 0.3 is 11.9 Å². The molecule has 0 heterocycles. The topological polar surface area (TPSA) is 72.8 Å². The van der Waals surface area contributed by atoms with Crippen LogP contribution < -0.4 is 0 Å². The highest BCUT2D eigenvalue weighted by atomic mass is 16.5. The molecule has 2 rings (SSSR count). The van der Waals surface area contributed by atoms with Crippen LogP contribution in [0.1, 0.15) is 101 Å². The standard InChI is InChI=1S/C27H40O5/c1-4-5-8-12-25(32-20(2)28)21-14-16-23(17-15-21)27-22(18-19-24(27)29)11-9-6-7-10-13-26(30)31-3/h6,9,14-17,22,24-25,27,29H,4-5,7-8,10-13,18-19H2,1-3H3/b9-6-/t22-,24?,25?,27?/m0/s1. The summed E-state index contributed by atoms with van der Waals surface area (Å²) in [4.78, 5) is 22.7. The summed E-state index contributed by atoms with van der Waals surface area (Å²) in [6, 6.07) is 8.30. The van der Waals surface area contributed by atoms with E-state index in [9.17, 15) is 14.7 Å². The lowest BCUT2D eigenvalue weighted by Gasteiger charge is -2.23. The predicted octanol–water partition coefficient (Wildman–Crippen LogP) is 6.02. The minimum atomic E-state index is -0.326. The van der Waals surface area contributed by atoms with E-state index in [2.05, 4.69) is 48.1 Å². The molecular formula is C27H40O5. The zero-order valence-electron chi connectivity index (χ0n) is 19.9. The molecule has 1 N–H and O–H groups in total. The summed E-state index contributed by atoms with van der Waals surface area (Å²) in [7, 11) is 1.42. The van der Waals surface area contributed by atoms with Gasteiger partial charge in [-0.2, -0.15) is 0 Å². The summed E-state index contributed by atoms with van der Waals surface area (Å²) >= 11 is 0. The third-order valence-electron chi connectivity index (χ3n) is 6.41. The third-order valence-corrected chi connectivity index (χ3v) is 6.41. The second-order valence-electron chi connectivity index (χ2n) is 8.87. The van der Waals surface area contributed by atoms with Crippen LogP contribution in [0.2, 0.25) is 0 Å². The molecule has 1 aliphatic rings. The summed E-state index contributed by atoms with van der Waals surface area (Å²) in [5.41, 5.74) is 2.17. The molecule has 5 nitrogen and oxygen atoms in total. The number of hydrogen-bond acceptors (Lipinski definition) is 5. The second-order valence-corrected chi connectivity index (χ2v) is 8.87. The van der Waals surface area contributed by atoms with E-state index in [1.807, 2.05) is 0 Å². The van der Waals surface area contributed by atoms with E-state index in [0.29, 0.717) is 12.3 Å². The van der Waals surface area contributed by atoms with Gasteiger partial charge in [-0.1, -0.05) is 56.2 Å². The lowest BCUT2D eigenvalue weighted by atomic mass is 9.85. The average molecular weight is 445 g/mol. The van der Waals surface area contributed by atoms with E-state index in [0.717, 1.165) is 68.9 Å². The third kappa shape index (κ3) is 8.42. The maximum Gasteiger partial charge on any atom is 0.305 e. The van der Waals surface area contributed by atoms with Crippen LogP contribution in [0.3, 0.4) is 0 Å². The Balaban J connectivity index is 1.97. The van der Waals surface area contributed by atoms with Gasteiger partial charge in [0.05, 0.1) is 13.2 Å². The maximum atomic E-state index is 11.6. The number of aliphatic hydroxyl groups excluding tert-OH is 1. The summed E-state index contributed by atoms with van der Waals surface area (Å²) in [6.45, 7) is 3.63. The van der Waals surface area contributed by atoms with Crippen LogP contribution in [0.15, 0.2) is 36.4 Å². The summed E-state index contributed by atoms with van der Waals surface area (Å²) in [5, 5.41) is 10.6. The Morgan fingerprint density at radius 3 is 2.53 bits per heavy atom. The molecule has 32 heavy (non-hydrogen) atoms. The van der Waals surface area contributed by atoms with Gasteiger partial charge in [-0.25, -0.2) is 0 Å². The van der Waals surface area contributed by atoms with Gasteiger partial charge in [-0.3, -0.25) is 9.59 Å². The Hall–Kier alpha value is -2.14. The molecule has 4 atom stereocenters. The zero-order valence-corrected chi connectivity index (χ0v) is 19.9. The van der Waals surface area contributed by atoms with Crippen LogP contribution in [-0.2, 0) is 19.1 Å². The van der Waals surface area contributed by atoms with Crippen LogP contribution in [0.4, 0.5) is 0 Å². The first-order valence-corrected chi connectivity index (χ1v) is 12.1. The van der Waals surface area contributed by atoms with E-state index < -0.39 is 0 Å². The van der Waals surface area contributed by atoms with Crippen molar-refractivity contribution in [3.63, 3.8) is 0 Å². The largest absolute Gasteiger partial charge is 0.469 e. The number of hydrogen-bond donors (Lipinski definition) is 1. The molecule has 1 aliphatic carbocycles. The quantitative estimate of drug-likeness (QED) is 0.229. The van der Waals surface area contributed by atoms with Crippen molar-refractivity contribution in [3.05, 3.63) is 47.5 Å². The SMILES string of the molecule is CCCCCC(OC(C)=O)c1ccc(C2C(O)CC[C@@H]2C/C=C\CCCC(=O)OC)cc1. The number of aliphatic hydroxyl groups is 1. The number of allylic oxidation sites excluding steroid dienone is 2. The number of carbonyl (C=O) groups excluding carboxylic acids is 2. The van der Waals surface area contributed by atoms with Gasteiger partial charge in [0.15, 0.2) is 0 Å². The van der Waals surface area contributed by atoms with Crippen molar-refractivity contribution in [1.29, 1.82) is 0 Å². The molecule has 0 amide bonds. The number of benzene rings is 1. The molecule has 0 saturated heterocycles. The van der Waals surface area contributed by atoms with Crippen molar-refractivity contribution in [2.24, 2.45) is 5.92 Å². The minimum Gasteiger partial charge on any atom is -0.469 e. The highest BCUT2D eigenvalue weighted by molar-refractivity contribution is 5.69. The van der Waals surface area contributed by atoms with Gasteiger partial charge in [0.25, 0.3) is 0 Å². The normalized spacial score (nSPS) is 21.6. The monoisotopic (exact) mass is 444 g/mol. The number of rotatable bonds is 13. The smallest absolute Gasteiger partial charge is 0.305 e. The Bertz CT molecular complexity index is 724. The van der Waals surface area contributed by atoms with Crippen LogP contribution in [0.25, 0.3) is 0 Å². The lowest BCUT2D eigenvalue weighted by Crippen LogP contribution is -2.17. The van der Waals surface area contributed by atoms with Gasteiger partial charge in [0, 0.05) is 19.3 Å². The zero-order chi connectivity index (χ0) is 23.3. The van der Waals surface area contributed by atoms with Crippen LogP contribution in [0.5, 0.6) is 0 Å². The molecule has 0 bridgehead atoms. The number of ether oxygens (including phenoxy) is 2. The molecule has 1 saturated carbocycles. The molecule has 0 aliphatic heterocycles. The molecule has 178 valence electrons. The second kappa shape index (κ2) is 14.1. The van der Waals surface area contributed by atoms with Crippen LogP contribution >= 0.6 is 0 Å². The molecule has 1 aromatic carbocycles. The molecular weight excluding hydrogens is 404 g/mol. The summed E-state index contributed by atoms with van der Waals surface area (Å²) in [5.74, 6) is 0.111. The summed E-state index contributed by atoms with van der Waals surface area (Å²) < 4.78 is 10.2. The highest BCUT2D eigenvalue weighted by Gasteiger charge is 2.35. The van der Waals surface area contributed by atoms with Gasteiger partial charge in [0.2, 0.25) is 0 Å². The van der Waals surface area contributed by atoms with Gasteiger partial charge in [0.1, 0.15) is 6.10 Å². The Kier molecular flexibility index (Phi) is 11.5. The molecule has 1 fully saturated rings. The van der Waals surface area contributed by atoms with Crippen molar-refractivity contribution >= 4 is 11.9 Å². The first-order valence-electron chi connectivity index (χ1n) is 12.1. The van der Waals surface area contributed by atoms with Gasteiger partial charge in [-0.15, -0.1) is 0 Å². The molecule has 0 aromatic heterocycles. The molecule has 3 unspecified atom stereocenters. The fraction of sp³-hybridized carbons (Fsp3) is 0.630. The lowest BCUT2D eigenvalue weighted by molar-refractivity contribution is -0.147. The van der Waals surface area contributed by atoms with Gasteiger partial charge in [-0.05, 0) is 62.0 Å². The van der Waals surface area contributed by atoms with Crippen molar-refractivity contribution in [1.82, 2.24) is 0 Å². The number of esters is 2. The minimum absolute atomic E-state index is 0.121. The van der Waals surface area contributed by atoms with E-state index in [4.69, 9.17) is 4.74 Å². The van der Waals surface area contributed by atoms with E-state index >= 15 is 0 Å². The number of methoxy groups -OCH3 is 1. The van der Waals surface area contributed by atoms with Crippen molar-refractivity contribution < 1.29 is 24.2 Å². The van der Waals surface area contributed by atoms with Crippen molar-refractivity contribution in [3.8, 4) is 0 Å². The van der Waals surface area contributed by atoms with E-state index in [-0.39, 0.29) is 30.1 Å². The van der Waals surface area contributed by atoms with E-state index in [1.54, 1.807) is 0 Å². The van der Waals surface area contributed by atoms with Crippen LogP contribution in [0, 0.1) is 5.92 Å². The number of carbonyl (C=O) groups is 2. The Morgan fingerprint density at radius 2 is 1.88 bits per heavy atom. The average Bonchev–Trinajstić information content (AvgIpc) is 3.15. The molecule has 1 aromatic rings. The Labute approximate surface area is 193 Å². The van der Waals surface area contributed by atoms with Gasteiger partial charge < -0.3 is 14.6 Å². The van der Waals surface area contributed by atoms with Crippen LogP contribution in [-0.4, -0.2) is 30.3 Å². The maximum absolute atomic E-state index is 11.6. The predicted molar refractivity (Wildman–Crippen MR) is 126 cm³/mol. The molecule has 5 heteroatoms. The van der Waals surface area contributed by atoms with E-state index in [1.165, 1.54) is 14.0 Å². The fourth-order valence-corrected chi connectivity index (χ4v) is 4.68. The van der Waals surface area contributed by atoms with Crippen molar-refractivity contribution in [2.45, 2.75) is 96.2 Å². The molecule has 0 radical (unpaired) electrons. The number of unbranched alkanes of at least 4 members (excludes halogenated alkanes) is 3. The first-order chi connectivity index (χ1) is 15.5. The summed E-state index contributed by atoms with van der Waals surface area (Å²) in [6.07, 6.45) is 12.8. The van der Waals surface area contributed by atoms with Crippen molar-refractivity contribution in [2.75, 3.05) is 7.11 Å².